The SMILES string of the molecule is C[C@H](Cc1c[nH]c2ccccc12)NC(=O)c1cc[n+](COC(=O)N[C@@H](C)Cc2ccccc2)cc1. The molecule has 0 saturated heterocycles. The van der Waals surface area contributed by atoms with Gasteiger partial charge >= 0.3 is 6.09 Å². The maximum absolute atomic E-state index is 12.7. The van der Waals surface area contributed by atoms with Gasteiger partial charge < -0.3 is 20.4 Å². The van der Waals surface area contributed by atoms with E-state index in [0.717, 1.165) is 23.9 Å². The molecule has 2 heterocycles. The number of nitrogens with one attached hydrogen (secondary N) is 3. The zero-order valence-corrected chi connectivity index (χ0v) is 20.0. The average molecular weight is 472 g/mol. The molecule has 0 spiro atoms. The zero-order chi connectivity index (χ0) is 24.6. The average Bonchev–Trinajstić information content (AvgIpc) is 3.26. The second-order valence-electron chi connectivity index (χ2n) is 8.84. The van der Waals surface area contributed by atoms with Gasteiger partial charge in [0.15, 0.2) is 12.4 Å². The third-order valence-corrected chi connectivity index (χ3v) is 5.83. The molecule has 35 heavy (non-hydrogen) atoms. The fourth-order valence-electron chi connectivity index (χ4n) is 4.08. The summed E-state index contributed by atoms with van der Waals surface area (Å²) in [6, 6.07) is 21.5. The molecule has 3 N–H and O–H groups in total. The quantitative estimate of drug-likeness (QED) is 0.321. The standard InChI is InChI=1S/C28H30N4O3/c1-20(16-22-8-4-3-5-9-22)31-28(34)35-19-32-14-12-23(13-15-32)27(33)30-21(2)17-24-18-29-26-11-7-6-10-25(24)26/h3-15,18,20-21,29H,16-17,19H2,1-2H3,(H-,30,31,33,34)/p+1/t20-,21+/m0/s1. The van der Waals surface area contributed by atoms with Crippen LogP contribution in [0.5, 0.6) is 0 Å². The Morgan fingerprint density at radius 1 is 0.886 bits per heavy atom. The van der Waals surface area contributed by atoms with Crippen molar-refractivity contribution >= 4 is 22.9 Å². The van der Waals surface area contributed by atoms with Gasteiger partial charge in [0.05, 0.1) is 5.56 Å². The Labute approximate surface area is 205 Å². The highest BCUT2D eigenvalue weighted by molar-refractivity contribution is 5.94. The number of pyridine rings is 1. The normalized spacial score (nSPS) is 12.6. The van der Waals surface area contributed by atoms with Gasteiger partial charge in [0, 0.05) is 41.3 Å². The van der Waals surface area contributed by atoms with Crippen LogP contribution in [0.15, 0.2) is 85.3 Å². The molecular weight excluding hydrogens is 440 g/mol. The molecule has 4 aromatic rings. The molecular formula is C28H31N4O3+. The Kier molecular flexibility index (Phi) is 7.77. The first-order chi connectivity index (χ1) is 17.0. The van der Waals surface area contributed by atoms with Crippen LogP contribution in [0.4, 0.5) is 4.79 Å². The topological polar surface area (TPSA) is 87.1 Å². The van der Waals surface area contributed by atoms with Crippen molar-refractivity contribution < 1.29 is 18.9 Å². The van der Waals surface area contributed by atoms with Gasteiger partial charge in [0.1, 0.15) is 0 Å². The predicted molar refractivity (Wildman–Crippen MR) is 135 cm³/mol. The van der Waals surface area contributed by atoms with Crippen molar-refractivity contribution in [2.24, 2.45) is 0 Å². The fraction of sp³-hybridized carbons (Fsp3) is 0.250. The number of hydrogen-bond donors (Lipinski definition) is 3. The number of aromatic amines is 1. The van der Waals surface area contributed by atoms with Crippen molar-refractivity contribution in [3.05, 3.63) is 102 Å². The second kappa shape index (κ2) is 11.3. The maximum Gasteiger partial charge on any atom is 0.412 e. The van der Waals surface area contributed by atoms with E-state index in [0.29, 0.717) is 5.56 Å². The van der Waals surface area contributed by atoms with E-state index in [1.807, 2.05) is 68.6 Å². The lowest BCUT2D eigenvalue weighted by atomic mass is 10.1. The zero-order valence-electron chi connectivity index (χ0n) is 20.0. The monoisotopic (exact) mass is 471 g/mol. The van der Waals surface area contributed by atoms with Crippen LogP contribution in [0.25, 0.3) is 10.9 Å². The molecule has 0 bridgehead atoms. The minimum atomic E-state index is -0.478. The molecule has 2 aromatic heterocycles. The Morgan fingerprint density at radius 2 is 1.57 bits per heavy atom. The van der Waals surface area contributed by atoms with Gasteiger partial charge in [-0.25, -0.2) is 4.79 Å². The molecule has 0 fully saturated rings. The van der Waals surface area contributed by atoms with Crippen LogP contribution in [-0.4, -0.2) is 29.1 Å². The van der Waals surface area contributed by atoms with Crippen molar-refractivity contribution in [2.45, 2.75) is 45.5 Å². The van der Waals surface area contributed by atoms with Crippen LogP contribution in [0.1, 0.15) is 35.3 Å². The van der Waals surface area contributed by atoms with Gasteiger partial charge in [-0.15, -0.1) is 0 Å². The molecule has 0 unspecified atom stereocenters. The molecule has 0 saturated carbocycles. The van der Waals surface area contributed by atoms with E-state index in [-0.39, 0.29) is 24.7 Å². The molecule has 0 aliphatic heterocycles. The number of carbonyl (C=O) groups is 2. The van der Waals surface area contributed by atoms with Gasteiger partial charge in [-0.3, -0.25) is 4.79 Å². The first-order valence-corrected chi connectivity index (χ1v) is 11.8. The van der Waals surface area contributed by atoms with E-state index >= 15 is 0 Å². The van der Waals surface area contributed by atoms with Crippen LogP contribution in [0.3, 0.4) is 0 Å². The summed E-state index contributed by atoms with van der Waals surface area (Å²) in [5, 5.41) is 7.06. The number of aromatic nitrogens is 2. The van der Waals surface area contributed by atoms with Crippen molar-refractivity contribution in [1.29, 1.82) is 0 Å². The van der Waals surface area contributed by atoms with E-state index in [4.69, 9.17) is 4.74 Å². The molecule has 0 radical (unpaired) electrons. The fourth-order valence-corrected chi connectivity index (χ4v) is 4.08. The van der Waals surface area contributed by atoms with Crippen LogP contribution in [0.2, 0.25) is 0 Å². The second-order valence-corrected chi connectivity index (χ2v) is 8.84. The number of alkyl carbamates (subject to hydrolysis) is 1. The van der Waals surface area contributed by atoms with Crippen LogP contribution in [-0.2, 0) is 24.3 Å². The number of rotatable bonds is 9. The van der Waals surface area contributed by atoms with Crippen LogP contribution >= 0.6 is 0 Å². The lowest BCUT2D eigenvalue weighted by Crippen LogP contribution is -2.41. The van der Waals surface area contributed by atoms with Crippen LogP contribution in [0, 0.1) is 0 Å². The predicted octanol–water partition coefficient (Wildman–Crippen LogP) is 4.13. The number of carbonyl (C=O) groups excluding carboxylic acids is 2. The summed E-state index contributed by atoms with van der Waals surface area (Å²) in [5.74, 6) is -0.141. The van der Waals surface area contributed by atoms with Crippen molar-refractivity contribution in [1.82, 2.24) is 15.6 Å². The summed E-state index contributed by atoms with van der Waals surface area (Å²) in [5.41, 5.74) is 3.97. The van der Waals surface area contributed by atoms with Gasteiger partial charge in [-0.1, -0.05) is 48.5 Å². The number of ether oxygens (including phenoxy) is 1. The summed E-state index contributed by atoms with van der Waals surface area (Å²) in [6.45, 7) is 3.99. The maximum atomic E-state index is 12.7. The van der Waals surface area contributed by atoms with Crippen molar-refractivity contribution in [2.75, 3.05) is 0 Å². The highest BCUT2D eigenvalue weighted by atomic mass is 16.6. The number of para-hydroxylation sites is 1. The summed E-state index contributed by atoms with van der Waals surface area (Å²) in [6.07, 6.45) is 6.42. The van der Waals surface area contributed by atoms with E-state index in [9.17, 15) is 9.59 Å². The van der Waals surface area contributed by atoms with Crippen molar-refractivity contribution in [3.63, 3.8) is 0 Å². The number of fused-ring (bicyclic) bond motifs is 1. The Morgan fingerprint density at radius 3 is 2.34 bits per heavy atom. The number of hydrogen-bond acceptors (Lipinski definition) is 3. The molecule has 2 aromatic carbocycles. The summed E-state index contributed by atoms with van der Waals surface area (Å²) >= 11 is 0. The highest BCUT2D eigenvalue weighted by Crippen LogP contribution is 2.19. The molecule has 2 atom stereocenters. The minimum absolute atomic E-state index is 0.0288. The van der Waals surface area contributed by atoms with Gasteiger partial charge in [-0.2, -0.15) is 4.57 Å². The molecule has 7 heteroatoms. The van der Waals surface area contributed by atoms with E-state index < -0.39 is 6.09 Å². The summed E-state index contributed by atoms with van der Waals surface area (Å²) < 4.78 is 7.01. The van der Waals surface area contributed by atoms with E-state index in [2.05, 4.69) is 21.7 Å². The van der Waals surface area contributed by atoms with E-state index in [1.165, 1.54) is 10.9 Å². The van der Waals surface area contributed by atoms with Gasteiger partial charge in [-0.05, 0) is 43.9 Å². The molecule has 0 aliphatic rings. The van der Waals surface area contributed by atoms with Gasteiger partial charge in [0.2, 0.25) is 0 Å². The van der Waals surface area contributed by atoms with E-state index in [1.54, 1.807) is 29.1 Å². The first kappa shape index (κ1) is 24.0. The number of benzene rings is 2. The summed E-state index contributed by atoms with van der Waals surface area (Å²) in [4.78, 5) is 28.1. The number of nitrogens with zero attached hydrogens (tertiary/aromatic N) is 1. The number of H-pyrrole nitrogens is 1. The third-order valence-electron chi connectivity index (χ3n) is 5.83. The lowest BCUT2D eigenvalue weighted by Gasteiger charge is -2.14. The van der Waals surface area contributed by atoms with Crippen molar-refractivity contribution in [3.8, 4) is 0 Å². The molecule has 0 aliphatic carbocycles. The molecule has 180 valence electrons. The Hall–Kier alpha value is -4.13. The minimum Gasteiger partial charge on any atom is -0.388 e. The Balaban J connectivity index is 1.22. The molecule has 2 amide bonds. The number of amides is 2. The lowest BCUT2D eigenvalue weighted by molar-refractivity contribution is -0.727. The molecule has 4 rings (SSSR count). The smallest absolute Gasteiger partial charge is 0.388 e. The largest absolute Gasteiger partial charge is 0.412 e. The Bertz CT molecular complexity index is 1270. The highest BCUT2D eigenvalue weighted by Gasteiger charge is 2.15. The first-order valence-electron chi connectivity index (χ1n) is 11.8. The summed E-state index contributed by atoms with van der Waals surface area (Å²) in [7, 11) is 0. The molecule has 7 nitrogen and oxygen atoms in total. The van der Waals surface area contributed by atoms with Gasteiger partial charge in [0.25, 0.3) is 12.6 Å². The third kappa shape index (κ3) is 6.69. The van der Waals surface area contributed by atoms with Crippen LogP contribution < -0.4 is 15.2 Å².